The van der Waals surface area contributed by atoms with E-state index < -0.39 is 0 Å². The zero-order valence-corrected chi connectivity index (χ0v) is 17.9. The standard InChI is InChI=1S/C26H20ClNO4/c27-14-10-11-21-19(13-14)23(18-8-4-12-31-26(18)32-21)28-20-9-3-7-17-22(20)25(30)16-6-2-1-5-15(16)24(17)29/h1-3,5-7,9-11,13,18,23,26,28H,4,8,12H2/t18-,23+,26+/m1/s1. The molecule has 0 aromatic heterocycles. The molecule has 3 atom stereocenters. The van der Waals surface area contributed by atoms with Gasteiger partial charge in [0.25, 0.3) is 0 Å². The number of hydrogen-bond acceptors (Lipinski definition) is 5. The molecule has 3 aromatic rings. The average Bonchev–Trinajstić information content (AvgIpc) is 2.82. The zero-order valence-electron chi connectivity index (χ0n) is 17.1. The van der Waals surface area contributed by atoms with Crippen LogP contribution in [0, 0.1) is 5.92 Å². The number of carbonyl (C=O) groups excluding carboxylic acids is 2. The second-order valence-electron chi connectivity index (χ2n) is 8.40. The summed E-state index contributed by atoms with van der Waals surface area (Å²) in [6.07, 6.45) is 1.47. The Hall–Kier alpha value is -3.15. The summed E-state index contributed by atoms with van der Waals surface area (Å²) in [5, 5.41) is 4.20. The summed E-state index contributed by atoms with van der Waals surface area (Å²) >= 11 is 6.32. The second-order valence-corrected chi connectivity index (χ2v) is 8.84. The predicted molar refractivity (Wildman–Crippen MR) is 121 cm³/mol. The normalized spacial score (nSPS) is 23.3. The average molecular weight is 446 g/mol. The first-order valence-corrected chi connectivity index (χ1v) is 11.2. The smallest absolute Gasteiger partial charge is 0.204 e. The lowest BCUT2D eigenvalue weighted by Crippen LogP contribution is -2.43. The summed E-state index contributed by atoms with van der Waals surface area (Å²) in [6, 6.07) is 17.8. The van der Waals surface area contributed by atoms with Crippen molar-refractivity contribution in [3.63, 3.8) is 0 Å². The first-order valence-electron chi connectivity index (χ1n) is 10.8. The highest BCUT2D eigenvalue weighted by Crippen LogP contribution is 2.46. The van der Waals surface area contributed by atoms with Gasteiger partial charge >= 0.3 is 0 Å². The van der Waals surface area contributed by atoms with Crippen LogP contribution in [0.4, 0.5) is 5.69 Å². The quantitative estimate of drug-likeness (QED) is 0.446. The molecular formula is C26H20ClNO4. The molecule has 6 heteroatoms. The lowest BCUT2D eigenvalue weighted by molar-refractivity contribution is -0.154. The molecule has 1 fully saturated rings. The minimum atomic E-state index is -0.368. The van der Waals surface area contributed by atoms with Gasteiger partial charge in [0.1, 0.15) is 5.75 Å². The van der Waals surface area contributed by atoms with Crippen LogP contribution in [0.2, 0.25) is 5.02 Å². The number of ketones is 2. The Kier molecular flexibility index (Phi) is 4.56. The molecule has 0 unspecified atom stereocenters. The van der Waals surface area contributed by atoms with Crippen molar-refractivity contribution in [3.05, 3.63) is 93.5 Å². The van der Waals surface area contributed by atoms with E-state index >= 15 is 0 Å². The van der Waals surface area contributed by atoms with Gasteiger partial charge in [0.05, 0.1) is 18.2 Å². The van der Waals surface area contributed by atoms with Crippen LogP contribution in [-0.4, -0.2) is 24.5 Å². The van der Waals surface area contributed by atoms with Crippen LogP contribution in [-0.2, 0) is 4.74 Å². The molecule has 0 radical (unpaired) electrons. The molecule has 0 spiro atoms. The van der Waals surface area contributed by atoms with Gasteiger partial charge in [-0.05, 0) is 37.1 Å². The van der Waals surface area contributed by atoms with Crippen molar-refractivity contribution >= 4 is 28.9 Å². The first kappa shape index (κ1) is 19.5. The Morgan fingerprint density at radius 2 is 1.69 bits per heavy atom. The van der Waals surface area contributed by atoms with E-state index in [0.717, 1.165) is 18.4 Å². The summed E-state index contributed by atoms with van der Waals surface area (Å²) in [4.78, 5) is 26.6. The first-order chi connectivity index (χ1) is 15.6. The van der Waals surface area contributed by atoms with Crippen molar-refractivity contribution in [2.75, 3.05) is 11.9 Å². The number of hydrogen-bond donors (Lipinski definition) is 1. The van der Waals surface area contributed by atoms with Crippen molar-refractivity contribution in [2.24, 2.45) is 5.92 Å². The molecule has 1 saturated heterocycles. The van der Waals surface area contributed by atoms with Gasteiger partial charge in [-0.25, -0.2) is 0 Å². The number of rotatable bonds is 2. The van der Waals surface area contributed by atoms with Crippen LogP contribution >= 0.6 is 11.6 Å². The lowest BCUT2D eigenvalue weighted by Gasteiger charge is -2.42. The van der Waals surface area contributed by atoms with Crippen LogP contribution in [0.15, 0.2) is 60.7 Å². The molecule has 0 amide bonds. The minimum Gasteiger partial charge on any atom is -0.464 e. The van der Waals surface area contributed by atoms with Crippen LogP contribution in [0.5, 0.6) is 5.75 Å². The van der Waals surface area contributed by atoms with Gasteiger partial charge in [-0.3, -0.25) is 9.59 Å². The number of fused-ring (bicyclic) bond motifs is 4. The number of carbonyl (C=O) groups is 2. The van der Waals surface area contributed by atoms with Crippen LogP contribution in [0.25, 0.3) is 0 Å². The van der Waals surface area contributed by atoms with Crippen molar-refractivity contribution in [2.45, 2.75) is 25.2 Å². The maximum Gasteiger partial charge on any atom is 0.204 e. The Morgan fingerprint density at radius 1 is 0.906 bits per heavy atom. The lowest BCUT2D eigenvalue weighted by atomic mass is 9.81. The molecule has 6 rings (SSSR count). The molecule has 160 valence electrons. The van der Waals surface area contributed by atoms with E-state index in [1.54, 1.807) is 36.4 Å². The van der Waals surface area contributed by atoms with E-state index in [4.69, 9.17) is 21.1 Å². The van der Waals surface area contributed by atoms with E-state index in [1.165, 1.54) is 0 Å². The summed E-state index contributed by atoms with van der Waals surface area (Å²) in [6.45, 7) is 0.654. The van der Waals surface area contributed by atoms with Gasteiger partial charge in [0.15, 0.2) is 11.6 Å². The van der Waals surface area contributed by atoms with Gasteiger partial charge in [-0.2, -0.15) is 0 Å². The molecule has 3 aromatic carbocycles. The summed E-state index contributed by atoms with van der Waals surface area (Å²) in [7, 11) is 0. The zero-order chi connectivity index (χ0) is 21.8. The predicted octanol–water partition coefficient (Wildman–Crippen LogP) is 5.41. The molecule has 1 N–H and O–H groups in total. The molecule has 0 bridgehead atoms. The molecule has 3 aliphatic rings. The van der Waals surface area contributed by atoms with Crippen molar-refractivity contribution in [1.29, 1.82) is 0 Å². The third-order valence-corrected chi connectivity index (χ3v) is 6.79. The van der Waals surface area contributed by atoms with Crippen LogP contribution in [0.3, 0.4) is 0 Å². The van der Waals surface area contributed by atoms with Gasteiger partial charge in [0.2, 0.25) is 6.29 Å². The number of nitrogens with one attached hydrogen (secondary N) is 1. The Morgan fingerprint density at radius 3 is 2.53 bits per heavy atom. The van der Waals surface area contributed by atoms with Gasteiger partial charge in [-0.1, -0.05) is 48.0 Å². The van der Waals surface area contributed by atoms with E-state index in [-0.39, 0.29) is 29.8 Å². The van der Waals surface area contributed by atoms with E-state index in [0.29, 0.717) is 45.3 Å². The highest BCUT2D eigenvalue weighted by atomic mass is 35.5. The van der Waals surface area contributed by atoms with Crippen molar-refractivity contribution in [1.82, 2.24) is 0 Å². The van der Waals surface area contributed by atoms with Crippen molar-refractivity contribution < 1.29 is 19.1 Å². The Labute approximate surface area is 190 Å². The highest BCUT2D eigenvalue weighted by molar-refractivity contribution is 6.31. The largest absolute Gasteiger partial charge is 0.464 e. The summed E-state index contributed by atoms with van der Waals surface area (Å²) in [5.74, 6) is 0.487. The molecule has 2 heterocycles. The number of halogens is 1. The van der Waals surface area contributed by atoms with E-state index in [1.807, 2.05) is 24.3 Å². The second kappa shape index (κ2) is 7.47. The van der Waals surface area contributed by atoms with E-state index in [2.05, 4.69) is 5.32 Å². The van der Waals surface area contributed by atoms with Crippen molar-refractivity contribution in [3.8, 4) is 5.75 Å². The molecule has 1 aliphatic carbocycles. The topological polar surface area (TPSA) is 64.6 Å². The fraction of sp³-hybridized carbons (Fsp3) is 0.231. The SMILES string of the molecule is O=C1c2ccccc2C(=O)c2c(N[C@@H]3c4cc(Cl)ccc4O[C@@H]4OCCC[C@@H]43)cccc21. The van der Waals surface area contributed by atoms with Gasteiger partial charge < -0.3 is 14.8 Å². The van der Waals surface area contributed by atoms with Gasteiger partial charge in [-0.15, -0.1) is 0 Å². The Balaban J connectivity index is 1.46. The fourth-order valence-electron chi connectivity index (χ4n) is 5.07. The third-order valence-electron chi connectivity index (χ3n) is 6.56. The monoisotopic (exact) mass is 445 g/mol. The molecule has 0 saturated carbocycles. The molecular weight excluding hydrogens is 426 g/mol. The van der Waals surface area contributed by atoms with Crippen LogP contribution in [0.1, 0.15) is 56.3 Å². The summed E-state index contributed by atoms with van der Waals surface area (Å²) < 4.78 is 12.0. The molecule has 2 aliphatic heterocycles. The third kappa shape index (κ3) is 2.96. The Bertz CT molecular complexity index is 1270. The number of anilines is 1. The maximum atomic E-state index is 13.4. The number of benzene rings is 3. The molecule has 32 heavy (non-hydrogen) atoms. The highest BCUT2D eigenvalue weighted by Gasteiger charge is 2.42. The molecule has 5 nitrogen and oxygen atoms in total. The van der Waals surface area contributed by atoms with E-state index in [9.17, 15) is 9.59 Å². The van der Waals surface area contributed by atoms with Gasteiger partial charge in [0, 0.05) is 38.9 Å². The summed E-state index contributed by atoms with van der Waals surface area (Å²) in [5.41, 5.74) is 3.29. The van der Waals surface area contributed by atoms with Crippen LogP contribution < -0.4 is 10.1 Å². The minimum absolute atomic E-state index is 0.0484. The number of ether oxygens (including phenoxy) is 2. The fourth-order valence-corrected chi connectivity index (χ4v) is 5.25. The maximum absolute atomic E-state index is 13.4.